The zero-order valence-electron chi connectivity index (χ0n) is 9.40. The van der Waals surface area contributed by atoms with Gasteiger partial charge in [0.2, 0.25) is 0 Å². The lowest BCUT2D eigenvalue weighted by molar-refractivity contribution is -0.115. The second-order valence-electron chi connectivity index (χ2n) is 3.90. The molecule has 1 aromatic rings. The van der Waals surface area contributed by atoms with Gasteiger partial charge >= 0.3 is 0 Å². The van der Waals surface area contributed by atoms with Gasteiger partial charge in [-0.05, 0) is 40.1 Å². The molecule has 1 aromatic heterocycles. The number of halogens is 1. The average molecular weight is 283 g/mol. The van der Waals surface area contributed by atoms with Crippen LogP contribution in [0.3, 0.4) is 0 Å². The number of allylic oxidation sites excluding steroid dienone is 1. The Morgan fingerprint density at radius 3 is 2.88 bits per heavy atom. The summed E-state index contributed by atoms with van der Waals surface area (Å²) in [5, 5.41) is 2.94. The molecule has 1 rings (SSSR count). The number of pyridine rings is 1. The molecule has 0 fully saturated rings. The number of hydrogen-bond donors (Lipinski definition) is 1. The molecule has 0 aliphatic carbocycles. The van der Waals surface area contributed by atoms with Crippen LogP contribution in [0.25, 0.3) is 0 Å². The molecule has 0 aliphatic heterocycles. The van der Waals surface area contributed by atoms with Crippen LogP contribution in [0.2, 0.25) is 0 Å². The predicted molar refractivity (Wildman–Crippen MR) is 69.2 cm³/mol. The molecule has 0 radical (unpaired) electrons. The first kappa shape index (κ1) is 12.9. The van der Waals surface area contributed by atoms with Crippen molar-refractivity contribution >= 4 is 27.5 Å². The van der Waals surface area contributed by atoms with E-state index < -0.39 is 0 Å². The summed E-state index contributed by atoms with van der Waals surface area (Å²) in [6.07, 6.45) is 5.45. The lowest BCUT2D eigenvalue weighted by Crippen LogP contribution is -2.00. The maximum absolute atomic E-state index is 11.3. The summed E-state index contributed by atoms with van der Waals surface area (Å²) in [7, 11) is 0. The lowest BCUT2D eigenvalue weighted by Gasteiger charge is -2.00. The molecule has 0 aromatic carbocycles. The van der Waals surface area contributed by atoms with E-state index in [0.717, 1.165) is 10.3 Å². The van der Waals surface area contributed by atoms with Crippen LogP contribution in [0.5, 0.6) is 0 Å². The van der Waals surface area contributed by atoms with Crippen molar-refractivity contribution in [2.45, 2.75) is 20.3 Å². The smallest absolute Gasteiger partial charge is 0.157 e. The average Bonchev–Trinajstić information content (AvgIpc) is 2.20. The molecule has 16 heavy (non-hydrogen) atoms. The molecule has 86 valence electrons. The Bertz CT molecular complexity index is 371. The van der Waals surface area contributed by atoms with Gasteiger partial charge in [0.25, 0.3) is 0 Å². The second-order valence-corrected chi connectivity index (χ2v) is 4.82. The molecule has 0 saturated carbocycles. The van der Waals surface area contributed by atoms with Crippen molar-refractivity contribution in [1.29, 1.82) is 0 Å². The number of ketones is 1. The first-order valence-corrected chi connectivity index (χ1v) is 5.94. The number of anilines is 1. The second kappa shape index (κ2) is 6.43. The van der Waals surface area contributed by atoms with Gasteiger partial charge in [-0.2, -0.15) is 0 Å². The fourth-order valence-corrected chi connectivity index (χ4v) is 1.39. The van der Waals surface area contributed by atoms with Gasteiger partial charge in [-0.1, -0.05) is 13.8 Å². The van der Waals surface area contributed by atoms with Gasteiger partial charge in [0.05, 0.1) is 0 Å². The third-order valence-electron chi connectivity index (χ3n) is 1.84. The fourth-order valence-electron chi connectivity index (χ4n) is 1.15. The Morgan fingerprint density at radius 2 is 2.31 bits per heavy atom. The van der Waals surface area contributed by atoms with Crippen LogP contribution < -0.4 is 5.32 Å². The molecule has 0 unspecified atom stereocenters. The summed E-state index contributed by atoms with van der Waals surface area (Å²) in [5.41, 5.74) is 0. The van der Waals surface area contributed by atoms with E-state index in [1.54, 1.807) is 18.5 Å². The van der Waals surface area contributed by atoms with E-state index in [1.165, 1.54) is 0 Å². The van der Waals surface area contributed by atoms with Crippen LogP contribution in [-0.4, -0.2) is 10.8 Å². The maximum atomic E-state index is 11.3. The van der Waals surface area contributed by atoms with E-state index >= 15 is 0 Å². The zero-order valence-corrected chi connectivity index (χ0v) is 11.0. The highest BCUT2D eigenvalue weighted by molar-refractivity contribution is 9.10. The monoisotopic (exact) mass is 282 g/mol. The highest BCUT2D eigenvalue weighted by Gasteiger charge is 1.99. The maximum Gasteiger partial charge on any atom is 0.157 e. The number of rotatable bonds is 5. The molecule has 0 bridgehead atoms. The molecule has 0 atom stereocenters. The standard InChI is InChI=1S/C12H15BrN2O/c1-9(2)7-11(16)5-6-14-12-4-3-10(13)8-15-12/h3-6,8-9H,7H2,1-2H3,(H,14,15)/b6-5-. The number of carbonyl (C=O) groups is 1. The summed E-state index contributed by atoms with van der Waals surface area (Å²) in [6, 6.07) is 3.72. The van der Waals surface area contributed by atoms with Crippen molar-refractivity contribution in [3.05, 3.63) is 35.1 Å². The summed E-state index contributed by atoms with van der Waals surface area (Å²) in [6.45, 7) is 4.05. The van der Waals surface area contributed by atoms with Crippen LogP contribution in [0.15, 0.2) is 35.1 Å². The minimum Gasteiger partial charge on any atom is -0.347 e. The summed E-state index contributed by atoms with van der Waals surface area (Å²) < 4.78 is 0.929. The Hall–Kier alpha value is -1.16. The Morgan fingerprint density at radius 1 is 1.56 bits per heavy atom. The summed E-state index contributed by atoms with van der Waals surface area (Å²) >= 11 is 3.30. The fraction of sp³-hybridized carbons (Fsp3) is 0.333. The number of hydrogen-bond acceptors (Lipinski definition) is 3. The van der Waals surface area contributed by atoms with Crippen molar-refractivity contribution in [3.8, 4) is 0 Å². The largest absolute Gasteiger partial charge is 0.347 e. The minimum absolute atomic E-state index is 0.125. The van der Waals surface area contributed by atoms with E-state index in [0.29, 0.717) is 12.3 Å². The van der Waals surface area contributed by atoms with Crippen molar-refractivity contribution in [2.75, 3.05) is 5.32 Å². The zero-order chi connectivity index (χ0) is 12.0. The van der Waals surface area contributed by atoms with E-state index in [1.807, 2.05) is 26.0 Å². The van der Waals surface area contributed by atoms with Gasteiger partial charge < -0.3 is 5.32 Å². The van der Waals surface area contributed by atoms with E-state index in [4.69, 9.17) is 0 Å². The summed E-state index contributed by atoms with van der Waals surface area (Å²) in [4.78, 5) is 15.5. The van der Waals surface area contributed by atoms with E-state index in [9.17, 15) is 4.79 Å². The van der Waals surface area contributed by atoms with E-state index in [-0.39, 0.29) is 5.78 Å². The highest BCUT2D eigenvalue weighted by Crippen LogP contribution is 2.10. The topological polar surface area (TPSA) is 42.0 Å². The molecule has 0 saturated heterocycles. The number of carbonyl (C=O) groups excluding carboxylic acids is 1. The molecule has 1 N–H and O–H groups in total. The molecular weight excluding hydrogens is 268 g/mol. The Kier molecular flexibility index (Phi) is 5.19. The molecule has 0 spiro atoms. The quantitative estimate of drug-likeness (QED) is 0.842. The third kappa shape index (κ3) is 5.07. The van der Waals surface area contributed by atoms with Crippen molar-refractivity contribution in [2.24, 2.45) is 5.92 Å². The lowest BCUT2D eigenvalue weighted by atomic mass is 10.1. The van der Waals surface area contributed by atoms with Crippen LogP contribution in [0, 0.1) is 5.92 Å². The van der Waals surface area contributed by atoms with Gasteiger partial charge in [-0.3, -0.25) is 4.79 Å². The molecule has 4 heteroatoms. The minimum atomic E-state index is 0.125. The van der Waals surface area contributed by atoms with Crippen molar-refractivity contribution in [1.82, 2.24) is 4.98 Å². The van der Waals surface area contributed by atoms with E-state index in [2.05, 4.69) is 26.2 Å². The molecule has 3 nitrogen and oxygen atoms in total. The van der Waals surface area contributed by atoms with Crippen LogP contribution in [0.4, 0.5) is 5.82 Å². The number of aromatic nitrogens is 1. The molecule has 0 aliphatic rings. The molecule has 0 amide bonds. The Balaban J connectivity index is 2.42. The van der Waals surface area contributed by atoms with Gasteiger partial charge in [0, 0.05) is 23.3 Å². The SMILES string of the molecule is CC(C)CC(=O)/C=C\Nc1ccc(Br)cn1. The first-order valence-electron chi connectivity index (χ1n) is 5.15. The number of nitrogens with zero attached hydrogens (tertiary/aromatic N) is 1. The third-order valence-corrected chi connectivity index (χ3v) is 2.31. The van der Waals surface area contributed by atoms with Crippen molar-refractivity contribution in [3.63, 3.8) is 0 Å². The van der Waals surface area contributed by atoms with Gasteiger partial charge in [-0.25, -0.2) is 4.98 Å². The van der Waals surface area contributed by atoms with Gasteiger partial charge in [-0.15, -0.1) is 0 Å². The van der Waals surface area contributed by atoms with Crippen molar-refractivity contribution < 1.29 is 4.79 Å². The molecule has 1 heterocycles. The number of nitrogens with one attached hydrogen (secondary N) is 1. The predicted octanol–water partition coefficient (Wildman–Crippen LogP) is 3.38. The summed E-state index contributed by atoms with van der Waals surface area (Å²) in [5.74, 6) is 1.24. The van der Waals surface area contributed by atoms with Gasteiger partial charge in [0.1, 0.15) is 5.82 Å². The first-order chi connectivity index (χ1) is 7.58. The van der Waals surface area contributed by atoms with Crippen LogP contribution in [-0.2, 0) is 4.79 Å². The molecular formula is C12H15BrN2O. The van der Waals surface area contributed by atoms with Crippen LogP contribution in [0.1, 0.15) is 20.3 Å². The highest BCUT2D eigenvalue weighted by atomic mass is 79.9. The van der Waals surface area contributed by atoms with Crippen LogP contribution >= 0.6 is 15.9 Å². The normalized spacial score (nSPS) is 11.0. The Labute approximate surface area is 104 Å². The van der Waals surface area contributed by atoms with Gasteiger partial charge in [0.15, 0.2) is 5.78 Å².